The Morgan fingerprint density at radius 2 is 1.74 bits per heavy atom. The van der Waals surface area contributed by atoms with Gasteiger partial charge in [-0.1, -0.05) is 42.1 Å². The van der Waals surface area contributed by atoms with Gasteiger partial charge in [-0.25, -0.2) is 0 Å². The molecule has 1 unspecified atom stereocenters. The van der Waals surface area contributed by atoms with E-state index < -0.39 is 22.5 Å². The van der Waals surface area contributed by atoms with Crippen LogP contribution in [0.1, 0.15) is 11.1 Å². The average Bonchev–Trinajstić information content (AvgIpc) is 3.49. The van der Waals surface area contributed by atoms with Gasteiger partial charge < -0.3 is 8.83 Å². The van der Waals surface area contributed by atoms with Crippen molar-refractivity contribution in [2.24, 2.45) is 0 Å². The lowest BCUT2D eigenvalue weighted by Crippen LogP contribution is -2.04. The molecule has 0 N–H and O–H groups in total. The molecule has 0 fully saturated rings. The summed E-state index contributed by atoms with van der Waals surface area (Å²) in [6.07, 6.45) is -1.10. The van der Waals surface area contributed by atoms with Gasteiger partial charge in [0.25, 0.3) is 5.22 Å². The van der Waals surface area contributed by atoms with E-state index >= 15 is 0 Å². The van der Waals surface area contributed by atoms with Crippen LogP contribution >= 0.6 is 11.8 Å². The van der Waals surface area contributed by atoms with Crippen LogP contribution in [0.15, 0.2) is 91.9 Å². The highest BCUT2D eigenvalue weighted by atomic mass is 32.2. The lowest BCUT2D eigenvalue weighted by Gasteiger charge is -2.07. The van der Waals surface area contributed by atoms with Crippen LogP contribution in [0.5, 0.6) is 0 Å². The summed E-state index contributed by atoms with van der Waals surface area (Å²) in [5, 5.41) is 9.23. The van der Waals surface area contributed by atoms with Crippen LogP contribution in [0.3, 0.4) is 0 Å². The number of aromatic nitrogens is 2. The molecule has 3 aromatic carbocycles. The maximum atomic E-state index is 12.9. The summed E-state index contributed by atoms with van der Waals surface area (Å²) < 4.78 is 61.9. The van der Waals surface area contributed by atoms with Gasteiger partial charge in [-0.15, -0.1) is 10.2 Å². The Balaban J connectivity index is 1.36. The molecule has 0 aliphatic rings. The molecule has 1 atom stereocenters. The number of halogens is 3. The van der Waals surface area contributed by atoms with Crippen molar-refractivity contribution in [3.63, 3.8) is 0 Å². The minimum absolute atomic E-state index is 0.257. The topological polar surface area (TPSA) is 69.1 Å². The molecule has 35 heavy (non-hydrogen) atoms. The van der Waals surface area contributed by atoms with Crippen molar-refractivity contribution in [1.82, 2.24) is 10.2 Å². The zero-order chi connectivity index (χ0) is 24.6. The van der Waals surface area contributed by atoms with Gasteiger partial charge in [-0.2, -0.15) is 13.2 Å². The number of benzene rings is 3. The van der Waals surface area contributed by atoms with E-state index in [-0.39, 0.29) is 11.0 Å². The molecule has 178 valence electrons. The molecular weight excluding hydrogens is 497 g/mol. The minimum atomic E-state index is -4.39. The van der Waals surface area contributed by atoms with Gasteiger partial charge in [0, 0.05) is 44.2 Å². The number of rotatable bonds is 6. The third-order valence-electron chi connectivity index (χ3n) is 5.34. The molecule has 0 saturated carbocycles. The van der Waals surface area contributed by atoms with E-state index in [1.165, 1.54) is 17.8 Å². The Morgan fingerprint density at radius 3 is 2.49 bits per heavy atom. The van der Waals surface area contributed by atoms with Crippen molar-refractivity contribution in [3.8, 4) is 22.6 Å². The van der Waals surface area contributed by atoms with Gasteiger partial charge in [0.15, 0.2) is 0 Å². The number of alkyl halides is 3. The summed E-state index contributed by atoms with van der Waals surface area (Å²) in [5.74, 6) is 0.553. The first-order valence-corrected chi connectivity index (χ1v) is 12.9. The van der Waals surface area contributed by atoms with Gasteiger partial charge in [0.2, 0.25) is 5.89 Å². The quantitative estimate of drug-likeness (QED) is 0.223. The van der Waals surface area contributed by atoms with Gasteiger partial charge in [-0.05, 0) is 47.5 Å². The van der Waals surface area contributed by atoms with Crippen LogP contribution < -0.4 is 0 Å². The van der Waals surface area contributed by atoms with Crippen LogP contribution in [0.4, 0.5) is 13.2 Å². The summed E-state index contributed by atoms with van der Waals surface area (Å²) in [6, 6.07) is 18.1. The molecule has 5 nitrogen and oxygen atoms in total. The van der Waals surface area contributed by atoms with Gasteiger partial charge in [-0.3, -0.25) is 4.21 Å². The highest BCUT2D eigenvalue weighted by molar-refractivity contribution is 7.98. The zero-order valence-corrected chi connectivity index (χ0v) is 19.8. The lowest BCUT2D eigenvalue weighted by atomic mass is 10.0. The van der Waals surface area contributed by atoms with E-state index in [1.54, 1.807) is 24.7 Å². The Kier molecular flexibility index (Phi) is 6.24. The molecular formula is C25H17F3N2O3S2. The van der Waals surface area contributed by atoms with E-state index in [0.717, 1.165) is 33.5 Å². The van der Waals surface area contributed by atoms with Crippen molar-refractivity contribution in [3.05, 3.63) is 84.1 Å². The number of furan rings is 1. The molecule has 2 aromatic heterocycles. The zero-order valence-electron chi connectivity index (χ0n) is 18.2. The molecule has 5 rings (SSSR count). The molecule has 0 aliphatic carbocycles. The predicted molar refractivity (Wildman–Crippen MR) is 128 cm³/mol. The van der Waals surface area contributed by atoms with Gasteiger partial charge in [0.05, 0.1) is 11.8 Å². The third kappa shape index (κ3) is 5.03. The number of hydrogen-bond donors (Lipinski definition) is 0. The molecule has 0 saturated heterocycles. The van der Waals surface area contributed by atoms with Crippen molar-refractivity contribution < 1.29 is 26.2 Å². The first-order valence-electron chi connectivity index (χ1n) is 10.4. The fourth-order valence-corrected chi connectivity index (χ4v) is 4.80. The molecule has 5 aromatic rings. The Labute approximate surface area is 204 Å². The average molecular weight is 515 g/mol. The van der Waals surface area contributed by atoms with Crippen LogP contribution in [-0.2, 0) is 22.7 Å². The highest BCUT2D eigenvalue weighted by Gasteiger charge is 2.30. The largest absolute Gasteiger partial charge is 0.464 e. The standard InChI is InChI=1S/C25H17F3N2O3S2/c1-35(31)19-8-5-16(6-9-19)21-13-32-22-10-7-17(12-20(21)22)23-29-30-24(33-23)34-14-15-3-2-4-18(11-15)25(26,27)28/h2-13H,14H2,1H3. The number of hydrogen-bond acceptors (Lipinski definition) is 6. The summed E-state index contributed by atoms with van der Waals surface area (Å²) in [5.41, 5.74) is 2.97. The van der Waals surface area contributed by atoms with Crippen LogP contribution in [0.2, 0.25) is 0 Å². The number of thioether (sulfide) groups is 1. The molecule has 0 aliphatic heterocycles. The first kappa shape index (κ1) is 23.4. The van der Waals surface area contributed by atoms with Crippen LogP contribution in [0, 0.1) is 0 Å². The molecule has 0 radical (unpaired) electrons. The van der Waals surface area contributed by atoms with Crippen molar-refractivity contribution >= 4 is 33.5 Å². The lowest BCUT2D eigenvalue weighted by molar-refractivity contribution is -0.137. The third-order valence-corrected chi connectivity index (χ3v) is 7.17. The summed E-state index contributed by atoms with van der Waals surface area (Å²) >= 11 is 1.17. The van der Waals surface area contributed by atoms with Gasteiger partial charge >= 0.3 is 6.18 Å². The van der Waals surface area contributed by atoms with E-state index in [2.05, 4.69) is 10.2 Å². The predicted octanol–water partition coefficient (Wildman–Crippen LogP) is 7.20. The second-order valence-electron chi connectivity index (χ2n) is 7.70. The van der Waals surface area contributed by atoms with E-state index in [9.17, 15) is 17.4 Å². The van der Waals surface area contributed by atoms with E-state index in [1.807, 2.05) is 36.4 Å². The SMILES string of the molecule is CS(=O)c1ccc(-c2coc3ccc(-c4nnc(SCc5cccc(C(F)(F)F)c5)o4)cc23)cc1. The molecule has 10 heteroatoms. The van der Waals surface area contributed by atoms with E-state index in [0.29, 0.717) is 22.6 Å². The van der Waals surface area contributed by atoms with Crippen LogP contribution in [-0.4, -0.2) is 20.7 Å². The Morgan fingerprint density at radius 1 is 0.971 bits per heavy atom. The maximum absolute atomic E-state index is 12.9. The summed E-state index contributed by atoms with van der Waals surface area (Å²) in [4.78, 5) is 0.739. The van der Waals surface area contributed by atoms with Crippen molar-refractivity contribution in [2.45, 2.75) is 22.0 Å². The fraction of sp³-hybridized carbons (Fsp3) is 0.120. The molecule has 0 spiro atoms. The van der Waals surface area contributed by atoms with Crippen molar-refractivity contribution in [1.29, 1.82) is 0 Å². The molecule has 2 heterocycles. The second kappa shape index (κ2) is 9.35. The number of nitrogens with zero attached hydrogens (tertiary/aromatic N) is 2. The first-order chi connectivity index (χ1) is 16.8. The minimum Gasteiger partial charge on any atom is -0.464 e. The highest BCUT2D eigenvalue weighted by Crippen LogP contribution is 2.35. The molecule has 0 amide bonds. The van der Waals surface area contributed by atoms with Gasteiger partial charge in [0.1, 0.15) is 5.58 Å². The summed E-state index contributed by atoms with van der Waals surface area (Å²) in [6.45, 7) is 0. The Hall–Kier alpha value is -3.37. The van der Waals surface area contributed by atoms with E-state index in [4.69, 9.17) is 8.83 Å². The smallest absolute Gasteiger partial charge is 0.416 e. The van der Waals surface area contributed by atoms with Crippen LogP contribution in [0.25, 0.3) is 33.6 Å². The second-order valence-corrected chi connectivity index (χ2v) is 10.0. The van der Waals surface area contributed by atoms with Crippen molar-refractivity contribution in [2.75, 3.05) is 6.26 Å². The maximum Gasteiger partial charge on any atom is 0.416 e. The monoisotopic (exact) mass is 514 g/mol. The normalized spacial score (nSPS) is 12.8. The number of fused-ring (bicyclic) bond motifs is 1. The Bertz CT molecular complexity index is 1530. The fourth-order valence-electron chi connectivity index (χ4n) is 3.58. The molecule has 0 bridgehead atoms. The summed E-state index contributed by atoms with van der Waals surface area (Å²) in [7, 11) is -1.06.